The first-order valence-corrected chi connectivity index (χ1v) is 9.44. The van der Waals surface area contributed by atoms with Crippen LogP contribution >= 0.6 is 23.2 Å². The van der Waals surface area contributed by atoms with Crippen molar-refractivity contribution in [3.05, 3.63) is 88.3 Å². The summed E-state index contributed by atoms with van der Waals surface area (Å²) in [5, 5.41) is 20.3. The van der Waals surface area contributed by atoms with Gasteiger partial charge < -0.3 is 5.32 Å². The molecule has 0 aliphatic rings. The lowest BCUT2D eigenvalue weighted by molar-refractivity contribution is 0.102. The Kier molecular flexibility index (Phi) is 5.44. The van der Waals surface area contributed by atoms with Crippen LogP contribution < -0.4 is 5.32 Å². The van der Waals surface area contributed by atoms with E-state index in [1.165, 1.54) is 23.4 Å². The molecule has 0 fully saturated rings. The molecular formula is C21H12Cl2N6O. The molecule has 0 unspecified atom stereocenters. The Morgan fingerprint density at radius 2 is 1.77 bits per heavy atom. The second-order valence-corrected chi connectivity index (χ2v) is 7.00. The van der Waals surface area contributed by atoms with Crippen LogP contribution in [0.2, 0.25) is 10.0 Å². The van der Waals surface area contributed by atoms with Gasteiger partial charge in [0.15, 0.2) is 5.82 Å². The summed E-state index contributed by atoms with van der Waals surface area (Å²) in [7, 11) is 0. The van der Waals surface area contributed by atoms with Gasteiger partial charge in [0, 0.05) is 0 Å². The minimum atomic E-state index is -0.403. The molecule has 2 aromatic carbocycles. The first kappa shape index (κ1) is 19.6. The fourth-order valence-electron chi connectivity index (χ4n) is 2.82. The number of nitriles is 1. The number of nitrogens with zero attached hydrogens (tertiary/aromatic N) is 5. The number of carbonyl (C=O) groups is 1. The van der Waals surface area contributed by atoms with Crippen LogP contribution in [0.5, 0.6) is 0 Å². The van der Waals surface area contributed by atoms with Crippen molar-refractivity contribution < 1.29 is 4.79 Å². The van der Waals surface area contributed by atoms with Crippen molar-refractivity contribution in [2.24, 2.45) is 0 Å². The molecule has 7 nitrogen and oxygen atoms in total. The number of carbonyl (C=O) groups excluding carboxylic acids is 1. The monoisotopic (exact) mass is 434 g/mol. The van der Waals surface area contributed by atoms with E-state index >= 15 is 0 Å². The van der Waals surface area contributed by atoms with Crippen molar-refractivity contribution >= 4 is 34.8 Å². The molecule has 9 heteroatoms. The average molecular weight is 435 g/mol. The number of halogens is 2. The van der Waals surface area contributed by atoms with Crippen LogP contribution in [0.1, 0.15) is 15.9 Å². The molecule has 146 valence electrons. The SMILES string of the molecule is N#Cc1cccc(-c2ccc(C(=O)Nc3cnc(-n4nccn4)c(Cl)c3)c(Cl)c2)c1. The third kappa shape index (κ3) is 4.01. The van der Waals surface area contributed by atoms with Crippen LogP contribution in [-0.2, 0) is 0 Å². The lowest BCUT2D eigenvalue weighted by atomic mass is 10.0. The first-order valence-electron chi connectivity index (χ1n) is 8.69. The van der Waals surface area contributed by atoms with E-state index in [0.717, 1.165) is 11.1 Å². The molecule has 30 heavy (non-hydrogen) atoms. The summed E-state index contributed by atoms with van der Waals surface area (Å²) >= 11 is 12.6. The molecule has 0 atom stereocenters. The third-order valence-electron chi connectivity index (χ3n) is 4.23. The van der Waals surface area contributed by atoms with E-state index in [9.17, 15) is 4.79 Å². The minimum absolute atomic E-state index is 0.280. The van der Waals surface area contributed by atoms with Crippen LogP contribution in [0.15, 0.2) is 67.1 Å². The highest BCUT2D eigenvalue weighted by Gasteiger charge is 2.14. The Bertz CT molecular complexity index is 1280. The predicted molar refractivity (Wildman–Crippen MR) is 114 cm³/mol. The number of anilines is 1. The van der Waals surface area contributed by atoms with Crippen LogP contribution in [0, 0.1) is 11.3 Å². The van der Waals surface area contributed by atoms with Gasteiger partial charge in [0.2, 0.25) is 0 Å². The maximum absolute atomic E-state index is 12.7. The van der Waals surface area contributed by atoms with E-state index in [1.54, 1.807) is 42.5 Å². The van der Waals surface area contributed by atoms with E-state index < -0.39 is 5.91 Å². The quantitative estimate of drug-likeness (QED) is 0.499. The number of hydrogen-bond acceptors (Lipinski definition) is 5. The van der Waals surface area contributed by atoms with E-state index in [1.807, 2.05) is 6.07 Å². The molecular weight excluding hydrogens is 423 g/mol. The normalized spacial score (nSPS) is 10.4. The molecule has 0 aliphatic carbocycles. The van der Waals surface area contributed by atoms with Crippen molar-refractivity contribution in [3.8, 4) is 23.0 Å². The highest BCUT2D eigenvalue weighted by molar-refractivity contribution is 6.35. The van der Waals surface area contributed by atoms with Gasteiger partial charge in [0.1, 0.15) is 0 Å². The summed E-state index contributed by atoms with van der Waals surface area (Å²) in [4.78, 5) is 18.1. The Balaban J connectivity index is 1.55. The van der Waals surface area contributed by atoms with E-state index in [2.05, 4.69) is 26.6 Å². The van der Waals surface area contributed by atoms with Gasteiger partial charge in [-0.15, -0.1) is 4.80 Å². The maximum atomic E-state index is 12.7. The highest BCUT2D eigenvalue weighted by atomic mass is 35.5. The van der Waals surface area contributed by atoms with Gasteiger partial charge in [-0.1, -0.05) is 41.4 Å². The number of benzene rings is 2. The topological polar surface area (TPSA) is 96.5 Å². The van der Waals surface area contributed by atoms with Crippen molar-refractivity contribution in [2.75, 3.05) is 5.32 Å². The van der Waals surface area contributed by atoms with Gasteiger partial charge in [-0.2, -0.15) is 15.5 Å². The van der Waals surface area contributed by atoms with E-state index in [4.69, 9.17) is 28.5 Å². The standard InChI is InChI=1S/C21H12Cl2N6O/c22-18-9-15(14-3-1-2-13(8-14)11-24)4-5-17(18)21(30)28-16-10-19(23)20(25-12-16)29-26-6-7-27-29/h1-10,12H,(H,28,30). The molecule has 1 N–H and O–H groups in total. The zero-order chi connectivity index (χ0) is 21.1. The molecule has 0 saturated carbocycles. The molecule has 0 spiro atoms. The number of amides is 1. The van der Waals surface area contributed by atoms with Gasteiger partial charge in [-0.05, 0) is 41.5 Å². The summed E-state index contributed by atoms with van der Waals surface area (Å²) in [6, 6.07) is 15.9. The zero-order valence-corrected chi connectivity index (χ0v) is 16.8. The number of aromatic nitrogens is 4. The van der Waals surface area contributed by atoms with Crippen molar-refractivity contribution in [1.29, 1.82) is 5.26 Å². The van der Waals surface area contributed by atoms with E-state index in [0.29, 0.717) is 22.6 Å². The van der Waals surface area contributed by atoms with Crippen molar-refractivity contribution in [1.82, 2.24) is 20.0 Å². The van der Waals surface area contributed by atoms with Crippen LogP contribution in [0.25, 0.3) is 16.9 Å². The maximum Gasteiger partial charge on any atom is 0.257 e. The predicted octanol–water partition coefficient (Wildman–Crippen LogP) is 4.76. The largest absolute Gasteiger partial charge is 0.320 e. The molecule has 2 heterocycles. The second-order valence-electron chi connectivity index (χ2n) is 6.19. The number of hydrogen-bond donors (Lipinski definition) is 1. The summed E-state index contributed by atoms with van der Waals surface area (Å²) < 4.78 is 0. The van der Waals surface area contributed by atoms with E-state index in [-0.39, 0.29) is 10.0 Å². The fourth-order valence-corrected chi connectivity index (χ4v) is 3.33. The van der Waals surface area contributed by atoms with Gasteiger partial charge in [0.25, 0.3) is 5.91 Å². The molecule has 0 radical (unpaired) electrons. The number of nitrogens with one attached hydrogen (secondary N) is 1. The fraction of sp³-hybridized carbons (Fsp3) is 0. The smallest absolute Gasteiger partial charge is 0.257 e. The lowest BCUT2D eigenvalue weighted by Crippen LogP contribution is -2.13. The molecule has 0 aliphatic heterocycles. The van der Waals surface area contributed by atoms with Crippen LogP contribution in [0.4, 0.5) is 5.69 Å². The molecule has 2 aromatic heterocycles. The third-order valence-corrected chi connectivity index (χ3v) is 4.82. The van der Waals surface area contributed by atoms with Crippen molar-refractivity contribution in [3.63, 3.8) is 0 Å². The second kappa shape index (κ2) is 8.33. The van der Waals surface area contributed by atoms with Crippen molar-refractivity contribution in [2.45, 2.75) is 0 Å². The molecule has 0 bridgehead atoms. The Hall–Kier alpha value is -3.73. The Morgan fingerprint density at radius 1 is 1.00 bits per heavy atom. The van der Waals surface area contributed by atoms with Gasteiger partial charge in [0.05, 0.1) is 51.5 Å². The summed E-state index contributed by atoms with van der Waals surface area (Å²) in [6.45, 7) is 0. The average Bonchev–Trinajstić information content (AvgIpc) is 3.28. The lowest BCUT2D eigenvalue weighted by Gasteiger charge is -2.10. The highest BCUT2D eigenvalue weighted by Crippen LogP contribution is 2.27. The number of rotatable bonds is 4. The zero-order valence-electron chi connectivity index (χ0n) is 15.3. The summed E-state index contributed by atoms with van der Waals surface area (Å²) in [6.07, 6.45) is 4.48. The molecule has 1 amide bonds. The van der Waals surface area contributed by atoms with Gasteiger partial charge >= 0.3 is 0 Å². The van der Waals surface area contributed by atoms with Gasteiger partial charge in [-0.3, -0.25) is 4.79 Å². The Morgan fingerprint density at radius 3 is 2.47 bits per heavy atom. The minimum Gasteiger partial charge on any atom is -0.320 e. The van der Waals surface area contributed by atoms with Gasteiger partial charge in [-0.25, -0.2) is 4.98 Å². The Labute approximate surface area is 181 Å². The molecule has 4 rings (SSSR count). The molecule has 4 aromatic rings. The molecule has 0 saturated heterocycles. The van der Waals surface area contributed by atoms with Crippen LogP contribution in [-0.4, -0.2) is 25.9 Å². The summed E-state index contributed by atoms with van der Waals surface area (Å²) in [5.41, 5.74) is 2.88. The summed E-state index contributed by atoms with van der Waals surface area (Å²) in [5.74, 6) is -0.0539. The number of pyridine rings is 1. The van der Waals surface area contributed by atoms with Crippen LogP contribution in [0.3, 0.4) is 0 Å². The first-order chi connectivity index (χ1) is 14.5.